The van der Waals surface area contributed by atoms with E-state index in [0.717, 1.165) is 10.6 Å². The maximum absolute atomic E-state index is 12.6. The van der Waals surface area contributed by atoms with Crippen LogP contribution in [-0.4, -0.2) is 34.6 Å². The first-order valence-corrected chi connectivity index (χ1v) is 9.76. The van der Waals surface area contributed by atoms with Gasteiger partial charge in [-0.1, -0.05) is 23.7 Å². The van der Waals surface area contributed by atoms with Crippen molar-refractivity contribution in [1.29, 1.82) is 0 Å². The molecule has 0 saturated carbocycles. The lowest BCUT2D eigenvalue weighted by atomic mass is 10.2. The smallest absolute Gasteiger partial charge is 0.387 e. The van der Waals surface area contributed by atoms with Crippen LogP contribution in [-0.2, 0) is 20.9 Å². The average molecular weight is 478 g/mol. The molecule has 4 rings (SSSR count). The predicted octanol–water partition coefficient (Wildman–Crippen LogP) is 3.58. The largest absolute Gasteiger partial charge is 0.454 e. The van der Waals surface area contributed by atoms with Crippen LogP contribution in [0.3, 0.4) is 0 Å². The average Bonchev–Trinajstić information content (AvgIpc) is 3.15. The van der Waals surface area contributed by atoms with Crippen LogP contribution in [0.25, 0.3) is 22.1 Å². The van der Waals surface area contributed by atoms with Gasteiger partial charge in [0.25, 0.3) is 11.5 Å². The Morgan fingerprint density at radius 2 is 2.00 bits per heavy atom. The lowest BCUT2D eigenvalue weighted by Crippen LogP contribution is -2.27. The Balaban J connectivity index is 1.36. The van der Waals surface area contributed by atoms with Gasteiger partial charge in [-0.05, 0) is 30.3 Å². The number of hydrogen-bond acceptors (Lipinski definition) is 7. The van der Waals surface area contributed by atoms with Crippen LogP contribution in [0, 0.1) is 0 Å². The summed E-state index contributed by atoms with van der Waals surface area (Å²) in [6.45, 7) is -4.18. The van der Waals surface area contributed by atoms with Crippen molar-refractivity contribution in [3.63, 3.8) is 0 Å². The number of ether oxygens (including phenoxy) is 2. The molecule has 0 saturated heterocycles. The van der Waals surface area contributed by atoms with Crippen molar-refractivity contribution in [3.05, 3.63) is 64.2 Å². The van der Waals surface area contributed by atoms with E-state index in [1.165, 1.54) is 18.5 Å². The van der Waals surface area contributed by atoms with Crippen LogP contribution in [0.15, 0.2) is 58.0 Å². The summed E-state index contributed by atoms with van der Waals surface area (Å²) in [7, 11) is 0. The third-order valence-electron chi connectivity index (χ3n) is 4.45. The molecule has 0 aliphatic heterocycles. The first-order chi connectivity index (χ1) is 15.8. The van der Waals surface area contributed by atoms with Gasteiger partial charge in [-0.2, -0.15) is 8.78 Å². The highest BCUT2D eigenvalue weighted by Crippen LogP contribution is 2.29. The molecule has 0 radical (unpaired) electrons. The van der Waals surface area contributed by atoms with Crippen molar-refractivity contribution in [2.45, 2.75) is 13.2 Å². The standard InChI is InChI=1S/C21H14ClF2N3O6/c22-13-7-11(5-6-15(13)33-21(23)24)26-16(28)9-31-17(29)8-27-10-25-18-12-3-1-2-4-14(12)32-19(18)20(27)30/h1-7,10,21H,8-9H2,(H,26,28). The lowest BCUT2D eigenvalue weighted by Gasteiger charge is -2.10. The van der Waals surface area contributed by atoms with Gasteiger partial charge < -0.3 is 19.2 Å². The quantitative estimate of drug-likeness (QED) is 0.405. The molecule has 0 unspecified atom stereocenters. The van der Waals surface area contributed by atoms with Crippen molar-refractivity contribution in [3.8, 4) is 5.75 Å². The number of carbonyl (C=O) groups is 2. The fourth-order valence-corrected chi connectivity index (χ4v) is 3.25. The number of anilines is 1. The fourth-order valence-electron chi connectivity index (χ4n) is 3.03. The zero-order chi connectivity index (χ0) is 23.5. The van der Waals surface area contributed by atoms with Gasteiger partial charge in [-0.15, -0.1) is 0 Å². The van der Waals surface area contributed by atoms with E-state index in [0.29, 0.717) is 16.5 Å². The van der Waals surface area contributed by atoms with Crippen molar-refractivity contribution < 1.29 is 32.3 Å². The van der Waals surface area contributed by atoms with Gasteiger partial charge >= 0.3 is 12.6 Å². The second-order valence-corrected chi connectivity index (χ2v) is 7.09. The number of carbonyl (C=O) groups excluding carboxylic acids is 2. The Hall–Kier alpha value is -3.99. The first kappa shape index (κ1) is 22.2. The molecule has 1 N–H and O–H groups in total. The fraction of sp³-hybridized carbons (Fsp3) is 0.143. The van der Waals surface area contributed by atoms with Gasteiger partial charge in [-0.25, -0.2) is 4.98 Å². The first-order valence-electron chi connectivity index (χ1n) is 9.38. The van der Waals surface area contributed by atoms with Crippen molar-refractivity contribution in [1.82, 2.24) is 9.55 Å². The Morgan fingerprint density at radius 3 is 2.76 bits per heavy atom. The minimum Gasteiger partial charge on any atom is -0.454 e. The number of para-hydroxylation sites is 1. The highest BCUT2D eigenvalue weighted by atomic mass is 35.5. The van der Waals surface area contributed by atoms with Gasteiger partial charge in [0, 0.05) is 11.1 Å². The SMILES string of the molecule is O=C(COC(=O)Cn1cnc2c(oc3ccccc32)c1=O)Nc1ccc(OC(F)F)c(Cl)c1. The lowest BCUT2D eigenvalue weighted by molar-refractivity contribution is -0.147. The topological polar surface area (TPSA) is 113 Å². The number of rotatable bonds is 7. The molecule has 0 spiro atoms. The predicted molar refractivity (Wildman–Crippen MR) is 113 cm³/mol. The Bertz CT molecular complexity index is 1420. The number of esters is 1. The molecule has 0 aliphatic carbocycles. The molecule has 2 heterocycles. The third kappa shape index (κ3) is 4.93. The molecule has 4 aromatic rings. The van der Waals surface area contributed by atoms with Crippen LogP contribution in [0.1, 0.15) is 0 Å². The number of nitrogens with one attached hydrogen (secondary N) is 1. The second-order valence-electron chi connectivity index (χ2n) is 6.69. The van der Waals surface area contributed by atoms with E-state index in [4.69, 9.17) is 20.8 Å². The molecule has 170 valence electrons. The number of amides is 1. The summed E-state index contributed by atoms with van der Waals surface area (Å²) in [4.78, 5) is 40.9. The molecule has 12 heteroatoms. The third-order valence-corrected chi connectivity index (χ3v) is 4.74. The van der Waals surface area contributed by atoms with Crippen LogP contribution < -0.4 is 15.6 Å². The summed E-state index contributed by atoms with van der Waals surface area (Å²) in [5.41, 5.74) is 0.475. The molecule has 0 bridgehead atoms. The molecular formula is C21H14ClF2N3O6. The van der Waals surface area contributed by atoms with Crippen LogP contribution in [0.4, 0.5) is 14.5 Å². The van der Waals surface area contributed by atoms with E-state index in [1.807, 2.05) is 0 Å². The summed E-state index contributed by atoms with van der Waals surface area (Å²) in [6, 6.07) is 10.6. The zero-order valence-corrected chi connectivity index (χ0v) is 17.3. The molecule has 0 atom stereocenters. The number of alkyl halides is 2. The van der Waals surface area contributed by atoms with Gasteiger partial charge in [0.05, 0.1) is 11.3 Å². The summed E-state index contributed by atoms with van der Waals surface area (Å²) in [5, 5.41) is 2.92. The summed E-state index contributed by atoms with van der Waals surface area (Å²) >= 11 is 5.82. The number of benzene rings is 2. The molecule has 33 heavy (non-hydrogen) atoms. The Morgan fingerprint density at radius 1 is 1.21 bits per heavy atom. The Kier molecular flexibility index (Phi) is 6.22. The summed E-state index contributed by atoms with van der Waals surface area (Å²) in [5.74, 6) is -1.82. The molecule has 1 amide bonds. The second kappa shape index (κ2) is 9.25. The number of nitrogens with zero attached hydrogens (tertiary/aromatic N) is 2. The van der Waals surface area contributed by atoms with E-state index < -0.39 is 37.2 Å². The summed E-state index contributed by atoms with van der Waals surface area (Å²) in [6.07, 6.45) is 1.19. The van der Waals surface area contributed by atoms with E-state index in [-0.39, 0.29) is 22.0 Å². The monoisotopic (exact) mass is 477 g/mol. The van der Waals surface area contributed by atoms with Gasteiger partial charge in [0.2, 0.25) is 5.58 Å². The van der Waals surface area contributed by atoms with E-state index in [1.54, 1.807) is 24.3 Å². The number of fused-ring (bicyclic) bond motifs is 3. The highest BCUT2D eigenvalue weighted by Gasteiger charge is 2.16. The number of halogens is 3. The minimum absolute atomic E-state index is 0.000361. The molecule has 9 nitrogen and oxygen atoms in total. The zero-order valence-electron chi connectivity index (χ0n) is 16.6. The number of furan rings is 1. The van der Waals surface area contributed by atoms with E-state index >= 15 is 0 Å². The van der Waals surface area contributed by atoms with Gasteiger partial charge in [0.1, 0.15) is 23.4 Å². The highest BCUT2D eigenvalue weighted by molar-refractivity contribution is 6.32. The summed E-state index contributed by atoms with van der Waals surface area (Å²) < 4.78 is 40.2. The number of hydrogen-bond donors (Lipinski definition) is 1. The Labute approximate surface area is 188 Å². The van der Waals surface area contributed by atoms with E-state index in [2.05, 4.69) is 15.0 Å². The number of aromatic nitrogens is 2. The molecule has 2 aromatic carbocycles. The van der Waals surface area contributed by atoms with E-state index in [9.17, 15) is 23.2 Å². The van der Waals surface area contributed by atoms with Gasteiger partial charge in [0.15, 0.2) is 6.61 Å². The normalized spacial score (nSPS) is 11.2. The van der Waals surface area contributed by atoms with Crippen LogP contribution in [0.5, 0.6) is 5.75 Å². The van der Waals surface area contributed by atoms with Gasteiger partial charge in [-0.3, -0.25) is 19.0 Å². The van der Waals surface area contributed by atoms with Crippen molar-refractivity contribution >= 4 is 51.2 Å². The van der Waals surface area contributed by atoms with Crippen LogP contribution in [0.2, 0.25) is 5.02 Å². The van der Waals surface area contributed by atoms with Crippen LogP contribution >= 0.6 is 11.6 Å². The maximum Gasteiger partial charge on any atom is 0.387 e. The van der Waals surface area contributed by atoms with Crippen molar-refractivity contribution in [2.24, 2.45) is 0 Å². The molecular weight excluding hydrogens is 464 g/mol. The van der Waals surface area contributed by atoms with Crippen molar-refractivity contribution in [2.75, 3.05) is 11.9 Å². The minimum atomic E-state index is -3.04. The maximum atomic E-state index is 12.6. The molecule has 2 aromatic heterocycles. The molecule has 0 fully saturated rings. The molecule has 0 aliphatic rings.